The lowest BCUT2D eigenvalue weighted by Gasteiger charge is -2.01. The molecule has 0 aliphatic rings. The summed E-state index contributed by atoms with van der Waals surface area (Å²) in [6.45, 7) is 0. The summed E-state index contributed by atoms with van der Waals surface area (Å²) >= 11 is 0. The summed E-state index contributed by atoms with van der Waals surface area (Å²) in [6, 6.07) is 24.5. The molecule has 0 bridgehead atoms. The SMILES string of the molecule is COc1ccc2ccccc2c1.Oc1ccc(O)c2ccccc12. The number of phenols is 2. The van der Waals surface area contributed by atoms with Crippen molar-refractivity contribution in [1.29, 1.82) is 0 Å². The maximum atomic E-state index is 9.38. The van der Waals surface area contributed by atoms with Crippen LogP contribution in [-0.2, 0) is 0 Å². The summed E-state index contributed by atoms with van der Waals surface area (Å²) in [5, 5.41) is 22.6. The molecule has 24 heavy (non-hydrogen) atoms. The second kappa shape index (κ2) is 6.92. The van der Waals surface area contributed by atoms with Crippen molar-refractivity contribution < 1.29 is 14.9 Å². The minimum Gasteiger partial charge on any atom is -0.507 e. The zero-order valence-corrected chi connectivity index (χ0v) is 13.3. The van der Waals surface area contributed by atoms with Crippen molar-refractivity contribution >= 4 is 21.5 Å². The number of hydrogen-bond acceptors (Lipinski definition) is 3. The molecule has 0 radical (unpaired) electrons. The fraction of sp³-hybridized carbons (Fsp3) is 0.0476. The van der Waals surface area contributed by atoms with Crippen LogP contribution >= 0.6 is 0 Å². The minimum absolute atomic E-state index is 0.198. The Morgan fingerprint density at radius 2 is 1.17 bits per heavy atom. The van der Waals surface area contributed by atoms with E-state index < -0.39 is 0 Å². The van der Waals surface area contributed by atoms with E-state index in [0.717, 1.165) is 5.75 Å². The maximum absolute atomic E-state index is 9.38. The summed E-state index contributed by atoms with van der Waals surface area (Å²) in [7, 11) is 1.68. The van der Waals surface area contributed by atoms with Crippen LogP contribution in [0.1, 0.15) is 0 Å². The highest BCUT2D eigenvalue weighted by Crippen LogP contribution is 2.30. The molecule has 0 spiro atoms. The van der Waals surface area contributed by atoms with E-state index in [-0.39, 0.29) is 11.5 Å². The third-order valence-electron chi connectivity index (χ3n) is 3.83. The first-order valence-electron chi connectivity index (χ1n) is 7.61. The first-order chi connectivity index (χ1) is 11.7. The molecule has 120 valence electrons. The number of phenolic OH excluding ortho intramolecular Hbond substituents is 2. The van der Waals surface area contributed by atoms with Crippen molar-refractivity contribution in [3.05, 3.63) is 78.9 Å². The standard InChI is InChI=1S/C11H10O.C10H8O2/c1-12-11-7-6-9-4-2-3-5-10(9)8-11;11-9-5-6-10(12)8-4-2-1-3-7(8)9/h2-8H,1H3;1-6,11-12H. The molecular weight excluding hydrogens is 300 g/mol. The second-order valence-corrected chi connectivity index (χ2v) is 5.36. The van der Waals surface area contributed by atoms with Crippen molar-refractivity contribution in [2.75, 3.05) is 7.11 Å². The van der Waals surface area contributed by atoms with E-state index in [9.17, 15) is 10.2 Å². The summed E-state index contributed by atoms with van der Waals surface area (Å²) in [4.78, 5) is 0. The third-order valence-corrected chi connectivity index (χ3v) is 3.83. The van der Waals surface area contributed by atoms with E-state index in [1.807, 2.05) is 36.4 Å². The van der Waals surface area contributed by atoms with Gasteiger partial charge in [0.05, 0.1) is 7.11 Å². The lowest BCUT2D eigenvalue weighted by Crippen LogP contribution is -1.81. The molecule has 3 heteroatoms. The molecule has 0 unspecified atom stereocenters. The molecule has 0 amide bonds. The molecule has 0 fully saturated rings. The van der Waals surface area contributed by atoms with Crippen LogP contribution in [0, 0.1) is 0 Å². The number of methoxy groups -OCH3 is 1. The van der Waals surface area contributed by atoms with Crippen LogP contribution in [0.5, 0.6) is 17.2 Å². The zero-order chi connectivity index (χ0) is 16.9. The predicted molar refractivity (Wildman–Crippen MR) is 97.8 cm³/mol. The minimum atomic E-state index is 0.198. The van der Waals surface area contributed by atoms with Crippen molar-refractivity contribution in [1.82, 2.24) is 0 Å². The van der Waals surface area contributed by atoms with Crippen LogP contribution in [0.4, 0.5) is 0 Å². The second-order valence-electron chi connectivity index (χ2n) is 5.36. The molecule has 4 rings (SSSR count). The Hall–Kier alpha value is -3.20. The third kappa shape index (κ3) is 3.25. The zero-order valence-electron chi connectivity index (χ0n) is 13.3. The fourth-order valence-corrected chi connectivity index (χ4v) is 2.56. The maximum Gasteiger partial charge on any atom is 0.123 e. The van der Waals surface area contributed by atoms with Gasteiger partial charge in [-0.1, -0.05) is 54.6 Å². The van der Waals surface area contributed by atoms with Gasteiger partial charge in [0.1, 0.15) is 17.2 Å². The number of aromatic hydroxyl groups is 2. The van der Waals surface area contributed by atoms with Crippen molar-refractivity contribution in [2.24, 2.45) is 0 Å². The molecule has 0 atom stereocenters. The van der Waals surface area contributed by atoms with Crippen molar-refractivity contribution in [3.8, 4) is 17.2 Å². The lowest BCUT2D eigenvalue weighted by molar-refractivity contribution is 0.415. The number of rotatable bonds is 1. The van der Waals surface area contributed by atoms with Crippen LogP contribution < -0.4 is 4.74 Å². The Labute approximate surface area is 140 Å². The van der Waals surface area contributed by atoms with Gasteiger partial charge in [-0.15, -0.1) is 0 Å². The smallest absolute Gasteiger partial charge is 0.123 e. The van der Waals surface area contributed by atoms with Gasteiger partial charge in [-0.3, -0.25) is 0 Å². The highest BCUT2D eigenvalue weighted by atomic mass is 16.5. The number of benzene rings is 4. The van der Waals surface area contributed by atoms with E-state index in [1.54, 1.807) is 19.2 Å². The molecule has 0 heterocycles. The summed E-state index contributed by atoms with van der Waals surface area (Å²) < 4.78 is 5.12. The normalized spacial score (nSPS) is 10.2. The van der Waals surface area contributed by atoms with Gasteiger partial charge in [0.2, 0.25) is 0 Å². The topological polar surface area (TPSA) is 49.7 Å². The monoisotopic (exact) mass is 318 g/mol. The molecule has 4 aromatic rings. The molecule has 4 aromatic carbocycles. The van der Waals surface area contributed by atoms with Crippen LogP contribution in [0.25, 0.3) is 21.5 Å². The average molecular weight is 318 g/mol. The van der Waals surface area contributed by atoms with Crippen LogP contribution in [0.15, 0.2) is 78.9 Å². The summed E-state index contributed by atoms with van der Waals surface area (Å²) in [5.74, 6) is 1.31. The lowest BCUT2D eigenvalue weighted by atomic mass is 10.1. The van der Waals surface area contributed by atoms with Crippen molar-refractivity contribution in [3.63, 3.8) is 0 Å². The van der Waals surface area contributed by atoms with Gasteiger partial charge >= 0.3 is 0 Å². The van der Waals surface area contributed by atoms with E-state index >= 15 is 0 Å². The first-order valence-corrected chi connectivity index (χ1v) is 7.61. The average Bonchev–Trinajstić information content (AvgIpc) is 2.65. The Balaban J connectivity index is 0.000000141. The van der Waals surface area contributed by atoms with Gasteiger partial charge in [0, 0.05) is 10.8 Å². The molecule has 0 aromatic heterocycles. The van der Waals surface area contributed by atoms with Gasteiger partial charge in [-0.25, -0.2) is 0 Å². The van der Waals surface area contributed by atoms with E-state index in [2.05, 4.69) is 18.2 Å². The van der Waals surface area contributed by atoms with Gasteiger partial charge in [-0.05, 0) is 35.0 Å². The highest BCUT2D eigenvalue weighted by molar-refractivity contribution is 5.92. The Morgan fingerprint density at radius 1 is 0.625 bits per heavy atom. The van der Waals surface area contributed by atoms with Gasteiger partial charge < -0.3 is 14.9 Å². The molecule has 0 saturated heterocycles. The number of ether oxygens (including phenoxy) is 1. The molecule has 0 aliphatic carbocycles. The Bertz CT molecular complexity index is 936. The molecule has 0 saturated carbocycles. The van der Waals surface area contributed by atoms with Gasteiger partial charge in [0.15, 0.2) is 0 Å². The molecular formula is C21H18O3. The van der Waals surface area contributed by atoms with Crippen LogP contribution in [0.2, 0.25) is 0 Å². The Morgan fingerprint density at radius 3 is 1.75 bits per heavy atom. The Kier molecular flexibility index (Phi) is 4.52. The van der Waals surface area contributed by atoms with Crippen LogP contribution in [-0.4, -0.2) is 17.3 Å². The largest absolute Gasteiger partial charge is 0.507 e. The van der Waals surface area contributed by atoms with E-state index in [0.29, 0.717) is 10.8 Å². The summed E-state index contributed by atoms with van der Waals surface area (Å²) in [6.07, 6.45) is 0. The molecule has 0 aliphatic heterocycles. The number of fused-ring (bicyclic) bond motifs is 2. The van der Waals surface area contributed by atoms with E-state index in [1.165, 1.54) is 22.9 Å². The fourth-order valence-electron chi connectivity index (χ4n) is 2.56. The van der Waals surface area contributed by atoms with Gasteiger partial charge in [0.25, 0.3) is 0 Å². The highest BCUT2D eigenvalue weighted by Gasteiger charge is 2.01. The van der Waals surface area contributed by atoms with Gasteiger partial charge in [-0.2, -0.15) is 0 Å². The van der Waals surface area contributed by atoms with E-state index in [4.69, 9.17) is 4.74 Å². The molecule has 2 N–H and O–H groups in total. The number of hydrogen-bond donors (Lipinski definition) is 2. The first kappa shape index (κ1) is 15.7. The molecule has 3 nitrogen and oxygen atoms in total. The summed E-state index contributed by atoms with van der Waals surface area (Å²) in [5.41, 5.74) is 0. The quantitative estimate of drug-likeness (QED) is 0.480. The predicted octanol–water partition coefficient (Wildman–Crippen LogP) is 5.10. The van der Waals surface area contributed by atoms with Crippen LogP contribution in [0.3, 0.4) is 0 Å². The van der Waals surface area contributed by atoms with Crippen molar-refractivity contribution in [2.45, 2.75) is 0 Å².